The van der Waals surface area contributed by atoms with Gasteiger partial charge in [0.2, 0.25) is 0 Å². The molecule has 2 aromatic heterocycles. The second kappa shape index (κ2) is 10.00. The average Bonchev–Trinajstić information content (AvgIpc) is 3.62. The second-order valence-electron chi connectivity index (χ2n) is 11.7. The van der Waals surface area contributed by atoms with E-state index in [-0.39, 0.29) is 0 Å². The Morgan fingerprint density at radius 3 is 1.43 bits per heavy atom. The smallest absolute Gasteiger partial charge is 0.0548 e. The van der Waals surface area contributed by atoms with Gasteiger partial charge in [0, 0.05) is 32.9 Å². The Morgan fingerprint density at radius 2 is 0.886 bits per heavy atom. The third kappa shape index (κ3) is 3.81. The number of rotatable bonds is 4. The Balaban J connectivity index is 1.28. The summed E-state index contributed by atoms with van der Waals surface area (Å²) in [4.78, 5) is 0. The number of aromatic nitrogens is 2. The van der Waals surface area contributed by atoms with Crippen molar-refractivity contribution in [3.05, 3.63) is 163 Å². The van der Waals surface area contributed by atoms with Crippen molar-refractivity contribution >= 4 is 49.2 Å². The van der Waals surface area contributed by atoms with Gasteiger partial charge in [0.25, 0.3) is 0 Å². The number of para-hydroxylation sites is 2. The number of allylic oxidation sites excluding steroid dienone is 4. The standard InChI is InChI=1S/C42H30N2/c1-3-11-29(12-4-1)31-19-23-33(24-20-31)43-37-17-9-7-15-35(37)41-39(43)27-28-40-42(41)36-16-8-10-18-38(36)44(40)34-25-21-32(22-26-34)30-13-5-2-6-14-30/h1,3-5,7-28H,2,6H2. The van der Waals surface area contributed by atoms with Crippen LogP contribution >= 0.6 is 0 Å². The van der Waals surface area contributed by atoms with Gasteiger partial charge in [0.05, 0.1) is 22.1 Å². The maximum Gasteiger partial charge on any atom is 0.0548 e. The van der Waals surface area contributed by atoms with Crippen LogP contribution in [0, 0.1) is 0 Å². The minimum absolute atomic E-state index is 1.11. The van der Waals surface area contributed by atoms with E-state index in [4.69, 9.17) is 0 Å². The molecule has 0 aliphatic heterocycles. The van der Waals surface area contributed by atoms with Crippen LogP contribution in [0.15, 0.2) is 158 Å². The molecule has 2 nitrogen and oxygen atoms in total. The van der Waals surface area contributed by atoms with E-state index in [0.717, 1.165) is 12.8 Å². The molecule has 0 amide bonds. The number of benzene rings is 6. The van der Waals surface area contributed by atoms with E-state index in [0.29, 0.717) is 0 Å². The molecule has 0 radical (unpaired) electrons. The molecule has 0 fully saturated rings. The van der Waals surface area contributed by atoms with Crippen LogP contribution in [0.3, 0.4) is 0 Å². The predicted octanol–water partition coefficient (Wildman–Crippen LogP) is 11.3. The summed E-state index contributed by atoms with van der Waals surface area (Å²) in [5, 5.41) is 5.15. The molecule has 9 rings (SSSR count). The maximum atomic E-state index is 2.43. The van der Waals surface area contributed by atoms with Crippen molar-refractivity contribution in [2.24, 2.45) is 0 Å². The van der Waals surface area contributed by atoms with Crippen molar-refractivity contribution < 1.29 is 0 Å². The minimum Gasteiger partial charge on any atom is -0.309 e. The Labute approximate surface area is 256 Å². The van der Waals surface area contributed by atoms with E-state index < -0.39 is 0 Å². The number of hydrogen-bond acceptors (Lipinski definition) is 0. The van der Waals surface area contributed by atoms with Crippen molar-refractivity contribution in [3.8, 4) is 22.5 Å². The molecule has 0 saturated carbocycles. The minimum atomic E-state index is 1.11. The normalized spacial score (nSPS) is 13.3. The lowest BCUT2D eigenvalue weighted by Gasteiger charge is -2.11. The molecule has 0 bridgehead atoms. The summed E-state index contributed by atoms with van der Waals surface area (Å²) in [6.45, 7) is 0. The highest BCUT2D eigenvalue weighted by molar-refractivity contribution is 6.28. The number of nitrogens with zero attached hydrogens (tertiary/aromatic N) is 2. The quantitative estimate of drug-likeness (QED) is 0.202. The zero-order valence-electron chi connectivity index (χ0n) is 24.3. The molecule has 0 spiro atoms. The second-order valence-corrected chi connectivity index (χ2v) is 11.7. The van der Waals surface area contributed by atoms with Crippen LogP contribution in [-0.2, 0) is 0 Å². The molecule has 0 N–H and O–H groups in total. The number of fused-ring (bicyclic) bond motifs is 7. The lowest BCUT2D eigenvalue weighted by atomic mass is 9.99. The van der Waals surface area contributed by atoms with E-state index in [9.17, 15) is 0 Å². The summed E-state index contributed by atoms with van der Waals surface area (Å²) in [6, 6.07) is 50.9. The van der Waals surface area contributed by atoms with Gasteiger partial charge in [-0.1, -0.05) is 109 Å². The molecule has 44 heavy (non-hydrogen) atoms. The zero-order chi connectivity index (χ0) is 29.0. The van der Waals surface area contributed by atoms with Crippen molar-refractivity contribution in [1.82, 2.24) is 9.13 Å². The summed E-state index contributed by atoms with van der Waals surface area (Å²) in [6.07, 6.45) is 9.11. The van der Waals surface area contributed by atoms with Gasteiger partial charge in [-0.25, -0.2) is 0 Å². The lowest BCUT2D eigenvalue weighted by Crippen LogP contribution is -1.95. The van der Waals surface area contributed by atoms with Gasteiger partial charge in [-0.3, -0.25) is 0 Å². The van der Waals surface area contributed by atoms with Crippen molar-refractivity contribution in [1.29, 1.82) is 0 Å². The predicted molar refractivity (Wildman–Crippen MR) is 187 cm³/mol. The topological polar surface area (TPSA) is 9.86 Å². The highest BCUT2D eigenvalue weighted by Crippen LogP contribution is 2.42. The van der Waals surface area contributed by atoms with Gasteiger partial charge in [-0.05, 0) is 83.6 Å². The molecule has 0 saturated heterocycles. The molecule has 1 aliphatic rings. The molecular weight excluding hydrogens is 532 g/mol. The first-order valence-electron chi connectivity index (χ1n) is 15.4. The molecule has 6 aromatic carbocycles. The van der Waals surface area contributed by atoms with Gasteiger partial charge in [-0.2, -0.15) is 0 Å². The van der Waals surface area contributed by atoms with Gasteiger partial charge >= 0.3 is 0 Å². The third-order valence-corrected chi connectivity index (χ3v) is 9.16. The molecule has 2 heteroatoms. The number of hydrogen-bond donors (Lipinski definition) is 0. The van der Waals surface area contributed by atoms with Crippen molar-refractivity contribution in [2.45, 2.75) is 12.8 Å². The Hall–Kier alpha value is -5.60. The summed E-state index contributed by atoms with van der Waals surface area (Å²) >= 11 is 0. The first kappa shape index (κ1) is 24.9. The first-order valence-corrected chi connectivity index (χ1v) is 15.4. The van der Waals surface area contributed by atoms with Crippen LogP contribution in [0.2, 0.25) is 0 Å². The van der Waals surface area contributed by atoms with Crippen LogP contribution in [-0.4, -0.2) is 9.13 Å². The molecule has 2 heterocycles. The molecule has 8 aromatic rings. The van der Waals surface area contributed by atoms with Crippen molar-refractivity contribution in [3.63, 3.8) is 0 Å². The largest absolute Gasteiger partial charge is 0.309 e. The van der Waals surface area contributed by atoms with Crippen LogP contribution in [0.4, 0.5) is 0 Å². The van der Waals surface area contributed by atoms with Gasteiger partial charge < -0.3 is 9.13 Å². The van der Waals surface area contributed by atoms with Gasteiger partial charge in [-0.15, -0.1) is 0 Å². The van der Waals surface area contributed by atoms with Gasteiger partial charge in [0.15, 0.2) is 0 Å². The summed E-state index contributed by atoms with van der Waals surface area (Å²) in [7, 11) is 0. The lowest BCUT2D eigenvalue weighted by molar-refractivity contribution is 1.04. The first-order chi connectivity index (χ1) is 21.8. The van der Waals surface area contributed by atoms with E-state index in [1.54, 1.807) is 0 Å². The SMILES string of the molecule is C1=CC(c2ccc(-n3c4ccccc4c4c5c6ccccc6n(-c6ccc(-c7ccccc7)cc6)c5ccc43)cc2)=CCC1. The van der Waals surface area contributed by atoms with Crippen LogP contribution in [0.25, 0.3) is 71.7 Å². The molecule has 1 aliphatic carbocycles. The Kier molecular flexibility index (Phi) is 5.67. The molecule has 208 valence electrons. The van der Waals surface area contributed by atoms with Gasteiger partial charge in [0.1, 0.15) is 0 Å². The molecule has 0 atom stereocenters. The molecule has 0 unspecified atom stereocenters. The Bertz CT molecular complexity index is 2400. The fourth-order valence-electron chi connectivity index (χ4n) is 7.14. The fraction of sp³-hybridized carbons (Fsp3) is 0.0476. The monoisotopic (exact) mass is 562 g/mol. The van der Waals surface area contributed by atoms with Crippen LogP contribution in [0.1, 0.15) is 18.4 Å². The van der Waals surface area contributed by atoms with E-state index >= 15 is 0 Å². The van der Waals surface area contributed by atoms with E-state index in [1.807, 2.05) is 0 Å². The maximum absolute atomic E-state index is 2.43. The van der Waals surface area contributed by atoms with Crippen molar-refractivity contribution in [2.75, 3.05) is 0 Å². The van der Waals surface area contributed by atoms with Crippen LogP contribution in [0.5, 0.6) is 0 Å². The highest BCUT2D eigenvalue weighted by atomic mass is 15.0. The highest BCUT2D eigenvalue weighted by Gasteiger charge is 2.20. The van der Waals surface area contributed by atoms with E-state index in [1.165, 1.54) is 77.2 Å². The fourth-order valence-corrected chi connectivity index (χ4v) is 7.14. The summed E-state index contributed by atoms with van der Waals surface area (Å²) < 4.78 is 4.85. The summed E-state index contributed by atoms with van der Waals surface area (Å²) in [5.74, 6) is 0. The van der Waals surface area contributed by atoms with Crippen LogP contribution < -0.4 is 0 Å². The molecular formula is C42H30N2. The third-order valence-electron chi connectivity index (χ3n) is 9.16. The Morgan fingerprint density at radius 1 is 0.386 bits per heavy atom. The summed E-state index contributed by atoms with van der Waals surface area (Å²) in [5.41, 5.74) is 12.3. The zero-order valence-corrected chi connectivity index (χ0v) is 24.3. The van der Waals surface area contributed by atoms with E-state index in [2.05, 4.69) is 167 Å². The average molecular weight is 563 g/mol.